The Morgan fingerprint density at radius 1 is 1.23 bits per heavy atom. The van der Waals surface area contributed by atoms with Gasteiger partial charge in [-0.25, -0.2) is 0 Å². The standard InChI is InChI=1S/C19H23N5O2/c1-10(2)21-17-16-15(22-23-17)9-14(19(26)24(16)5)13-8-12(18(25)20-4)7-6-11(13)3/h6-10H,1-5H3,(H,20,25)(H2,21,22,23). The molecule has 0 spiro atoms. The van der Waals surface area contributed by atoms with Crippen molar-refractivity contribution in [3.63, 3.8) is 0 Å². The van der Waals surface area contributed by atoms with Crippen molar-refractivity contribution < 1.29 is 4.79 Å². The predicted molar refractivity (Wildman–Crippen MR) is 104 cm³/mol. The van der Waals surface area contributed by atoms with Gasteiger partial charge in [0.1, 0.15) is 5.52 Å². The van der Waals surface area contributed by atoms with Crippen molar-refractivity contribution in [1.82, 2.24) is 20.1 Å². The smallest absolute Gasteiger partial charge is 0.258 e. The fourth-order valence-corrected chi connectivity index (χ4v) is 3.04. The average molecular weight is 353 g/mol. The van der Waals surface area contributed by atoms with E-state index in [-0.39, 0.29) is 17.5 Å². The number of benzene rings is 1. The first-order valence-electron chi connectivity index (χ1n) is 8.51. The molecule has 0 unspecified atom stereocenters. The van der Waals surface area contributed by atoms with Crippen LogP contribution >= 0.6 is 0 Å². The Hall–Kier alpha value is -3.09. The summed E-state index contributed by atoms with van der Waals surface area (Å²) in [4.78, 5) is 25.0. The lowest BCUT2D eigenvalue weighted by molar-refractivity contribution is 0.0963. The van der Waals surface area contributed by atoms with Gasteiger partial charge in [0.05, 0.1) is 5.52 Å². The molecule has 0 saturated carbocycles. The number of H-pyrrole nitrogens is 1. The Morgan fingerprint density at radius 3 is 2.62 bits per heavy atom. The van der Waals surface area contributed by atoms with E-state index in [2.05, 4.69) is 20.8 Å². The zero-order valence-electron chi connectivity index (χ0n) is 15.6. The number of nitrogens with zero attached hydrogens (tertiary/aromatic N) is 2. The second-order valence-corrected chi connectivity index (χ2v) is 6.66. The van der Waals surface area contributed by atoms with E-state index in [1.807, 2.05) is 26.8 Å². The summed E-state index contributed by atoms with van der Waals surface area (Å²) in [5, 5.41) is 13.1. The molecule has 1 amide bonds. The number of hydrogen-bond acceptors (Lipinski definition) is 4. The van der Waals surface area contributed by atoms with E-state index in [9.17, 15) is 9.59 Å². The number of pyridine rings is 1. The number of aromatic nitrogens is 3. The molecule has 136 valence electrons. The number of nitrogens with one attached hydrogen (secondary N) is 3. The minimum atomic E-state index is -0.186. The Kier molecular flexibility index (Phi) is 4.54. The summed E-state index contributed by atoms with van der Waals surface area (Å²) in [6.45, 7) is 5.95. The van der Waals surface area contributed by atoms with Gasteiger partial charge >= 0.3 is 0 Å². The molecule has 3 N–H and O–H groups in total. The van der Waals surface area contributed by atoms with Gasteiger partial charge in [-0.3, -0.25) is 14.7 Å². The third kappa shape index (κ3) is 2.96. The van der Waals surface area contributed by atoms with E-state index in [0.717, 1.165) is 22.2 Å². The number of anilines is 1. The van der Waals surface area contributed by atoms with Crippen molar-refractivity contribution in [3.8, 4) is 11.1 Å². The highest BCUT2D eigenvalue weighted by Gasteiger charge is 2.17. The number of aromatic amines is 1. The first kappa shape index (κ1) is 17.7. The van der Waals surface area contributed by atoms with Crippen molar-refractivity contribution in [2.24, 2.45) is 7.05 Å². The van der Waals surface area contributed by atoms with Crippen LogP contribution in [0.25, 0.3) is 22.2 Å². The summed E-state index contributed by atoms with van der Waals surface area (Å²) in [5.41, 5.74) is 4.06. The largest absolute Gasteiger partial charge is 0.365 e. The molecule has 2 aromatic heterocycles. The molecular weight excluding hydrogens is 330 g/mol. The van der Waals surface area contributed by atoms with Crippen molar-refractivity contribution in [1.29, 1.82) is 0 Å². The van der Waals surface area contributed by atoms with Gasteiger partial charge < -0.3 is 15.2 Å². The molecule has 0 aliphatic carbocycles. The number of fused-ring (bicyclic) bond motifs is 1. The molecule has 1 aromatic carbocycles. The Bertz CT molecular complexity index is 1050. The van der Waals surface area contributed by atoms with Crippen LogP contribution in [0.3, 0.4) is 0 Å². The molecule has 2 heterocycles. The number of amides is 1. The summed E-state index contributed by atoms with van der Waals surface area (Å²) in [6.07, 6.45) is 0. The van der Waals surface area contributed by atoms with Crippen LogP contribution in [0.15, 0.2) is 29.1 Å². The predicted octanol–water partition coefficient (Wildman–Crippen LogP) is 2.42. The second kappa shape index (κ2) is 6.67. The fourth-order valence-electron chi connectivity index (χ4n) is 3.04. The SMILES string of the molecule is CNC(=O)c1ccc(C)c(-c2cc3[nH]nc(NC(C)C)c3n(C)c2=O)c1. The van der Waals surface area contributed by atoms with E-state index in [1.165, 1.54) is 0 Å². The maximum atomic E-state index is 13.0. The van der Waals surface area contributed by atoms with Gasteiger partial charge in [-0.15, -0.1) is 0 Å². The number of hydrogen-bond donors (Lipinski definition) is 3. The molecule has 0 aliphatic rings. The van der Waals surface area contributed by atoms with Crippen LogP contribution in [0.4, 0.5) is 5.82 Å². The number of rotatable bonds is 4. The summed E-state index contributed by atoms with van der Waals surface area (Å²) in [6, 6.07) is 7.35. The molecule has 0 saturated heterocycles. The molecular formula is C19H23N5O2. The van der Waals surface area contributed by atoms with E-state index >= 15 is 0 Å². The average Bonchev–Trinajstić information content (AvgIpc) is 3.00. The molecule has 0 radical (unpaired) electrons. The van der Waals surface area contributed by atoms with Gasteiger partial charge in [-0.2, -0.15) is 5.10 Å². The highest BCUT2D eigenvalue weighted by Crippen LogP contribution is 2.27. The maximum absolute atomic E-state index is 13.0. The lowest BCUT2D eigenvalue weighted by atomic mass is 9.98. The van der Waals surface area contributed by atoms with Gasteiger partial charge in [0.25, 0.3) is 11.5 Å². The van der Waals surface area contributed by atoms with Crippen LogP contribution in [0.5, 0.6) is 0 Å². The van der Waals surface area contributed by atoms with Crippen molar-refractivity contribution in [2.45, 2.75) is 26.8 Å². The van der Waals surface area contributed by atoms with Crippen molar-refractivity contribution in [2.75, 3.05) is 12.4 Å². The molecule has 7 nitrogen and oxygen atoms in total. The highest BCUT2D eigenvalue weighted by molar-refractivity contribution is 5.96. The lowest BCUT2D eigenvalue weighted by Crippen LogP contribution is -2.21. The van der Waals surface area contributed by atoms with Gasteiger partial charge in [-0.1, -0.05) is 6.07 Å². The molecule has 0 bridgehead atoms. The van der Waals surface area contributed by atoms with Crippen LogP contribution in [-0.4, -0.2) is 33.8 Å². The Balaban J connectivity index is 2.23. The molecule has 3 aromatic rings. The van der Waals surface area contributed by atoms with Crippen LogP contribution in [-0.2, 0) is 7.05 Å². The highest BCUT2D eigenvalue weighted by atomic mass is 16.1. The third-order valence-electron chi connectivity index (χ3n) is 4.37. The van der Waals surface area contributed by atoms with Gasteiger partial charge in [0, 0.05) is 31.3 Å². The lowest BCUT2D eigenvalue weighted by Gasteiger charge is -2.12. The van der Waals surface area contributed by atoms with Crippen LogP contribution in [0, 0.1) is 6.92 Å². The van der Waals surface area contributed by atoms with E-state index in [1.54, 1.807) is 36.9 Å². The molecule has 7 heteroatoms. The quantitative estimate of drug-likeness (QED) is 0.672. The van der Waals surface area contributed by atoms with E-state index in [4.69, 9.17) is 0 Å². The fraction of sp³-hybridized carbons (Fsp3) is 0.316. The van der Waals surface area contributed by atoms with Crippen molar-refractivity contribution >= 4 is 22.8 Å². The minimum Gasteiger partial charge on any atom is -0.365 e. The number of carbonyl (C=O) groups excluding carboxylic acids is 1. The Labute approximate surface area is 151 Å². The van der Waals surface area contributed by atoms with Crippen molar-refractivity contribution in [3.05, 3.63) is 45.7 Å². The van der Waals surface area contributed by atoms with Gasteiger partial charge in [0.15, 0.2) is 5.82 Å². The third-order valence-corrected chi connectivity index (χ3v) is 4.37. The maximum Gasteiger partial charge on any atom is 0.258 e. The van der Waals surface area contributed by atoms with E-state index < -0.39 is 0 Å². The summed E-state index contributed by atoms with van der Waals surface area (Å²) < 4.78 is 1.59. The topological polar surface area (TPSA) is 91.8 Å². The molecule has 3 rings (SSSR count). The number of aryl methyl sites for hydroxylation is 2. The Morgan fingerprint density at radius 2 is 1.96 bits per heavy atom. The van der Waals surface area contributed by atoms with Gasteiger partial charge in [0.2, 0.25) is 0 Å². The summed E-state index contributed by atoms with van der Waals surface area (Å²) in [7, 11) is 3.31. The summed E-state index contributed by atoms with van der Waals surface area (Å²) in [5.74, 6) is 0.464. The first-order chi connectivity index (χ1) is 12.3. The zero-order valence-corrected chi connectivity index (χ0v) is 15.6. The zero-order chi connectivity index (χ0) is 19.0. The molecule has 0 aliphatic heterocycles. The normalized spacial score (nSPS) is 11.2. The van der Waals surface area contributed by atoms with E-state index in [0.29, 0.717) is 16.9 Å². The van der Waals surface area contributed by atoms with Crippen LogP contribution in [0.2, 0.25) is 0 Å². The summed E-state index contributed by atoms with van der Waals surface area (Å²) >= 11 is 0. The second-order valence-electron chi connectivity index (χ2n) is 6.66. The number of carbonyl (C=O) groups is 1. The van der Waals surface area contributed by atoms with Crippen LogP contribution < -0.4 is 16.2 Å². The monoisotopic (exact) mass is 353 g/mol. The molecule has 0 fully saturated rings. The van der Waals surface area contributed by atoms with Gasteiger partial charge in [-0.05, 0) is 50.1 Å². The van der Waals surface area contributed by atoms with Crippen LogP contribution in [0.1, 0.15) is 29.8 Å². The molecule has 0 atom stereocenters. The minimum absolute atomic E-state index is 0.136. The molecule has 26 heavy (non-hydrogen) atoms. The first-order valence-corrected chi connectivity index (χ1v) is 8.51.